The van der Waals surface area contributed by atoms with Gasteiger partial charge in [0.2, 0.25) is 10.9 Å². The van der Waals surface area contributed by atoms with Crippen LogP contribution in [0.1, 0.15) is 70.9 Å². The Morgan fingerprint density at radius 1 is 1.17 bits per heavy atom. The highest BCUT2D eigenvalue weighted by molar-refractivity contribution is 8.14. The van der Waals surface area contributed by atoms with E-state index in [1.54, 1.807) is 13.8 Å². The van der Waals surface area contributed by atoms with Crippen LogP contribution in [0, 0.1) is 46.3 Å². The van der Waals surface area contributed by atoms with Crippen LogP contribution in [0.3, 0.4) is 0 Å². The van der Waals surface area contributed by atoms with Crippen molar-refractivity contribution in [2.24, 2.45) is 34.5 Å². The minimum Gasteiger partial charge on any atom is -0.457 e. The van der Waals surface area contributed by atoms with E-state index in [0.717, 1.165) is 17.8 Å². The first kappa shape index (κ1) is 35.9. The predicted molar refractivity (Wildman–Crippen MR) is 172 cm³/mol. The maximum atomic E-state index is 17.7. The molecule has 4 aliphatic carbocycles. The van der Waals surface area contributed by atoms with Gasteiger partial charge in [-0.2, -0.15) is 0 Å². The molecule has 1 heterocycles. The fourth-order valence-corrected chi connectivity index (χ4v) is 9.63. The molecule has 4 aliphatic rings. The SMILES string of the molecule is CC(C)CCOC(=O)OCC#CCSC(=O)[C@@]1(OC(=O)c2ccco2)[C@H](C)C[C@H]2[C@@H]3C[C@H](F)C4=CC(=O)C=C[C@]4(C)[C@@]3(F)[C@@H](O)C[C@@]21C. The van der Waals surface area contributed by atoms with Gasteiger partial charge in [0.05, 0.1) is 24.7 Å². The molecule has 3 saturated carbocycles. The normalized spacial score (nSPS) is 36.6. The summed E-state index contributed by atoms with van der Waals surface area (Å²) >= 11 is 0.794. The van der Waals surface area contributed by atoms with Gasteiger partial charge in [0.1, 0.15) is 6.17 Å². The lowest BCUT2D eigenvalue weighted by Crippen LogP contribution is -2.70. The number of hydrogen-bond acceptors (Lipinski definition) is 10. The number of halogens is 2. The molecule has 1 aromatic rings. The van der Waals surface area contributed by atoms with E-state index in [0.29, 0.717) is 12.3 Å². The van der Waals surface area contributed by atoms with E-state index in [4.69, 9.17) is 18.6 Å². The van der Waals surface area contributed by atoms with Crippen LogP contribution in [0.25, 0.3) is 0 Å². The van der Waals surface area contributed by atoms with Crippen LogP contribution in [-0.2, 0) is 23.8 Å². The number of ether oxygens (including phenoxy) is 3. The molecule has 0 spiro atoms. The van der Waals surface area contributed by atoms with Crippen LogP contribution in [0.15, 0.2) is 46.6 Å². The highest BCUT2D eigenvalue weighted by Gasteiger charge is 2.78. The Morgan fingerprint density at radius 2 is 1.92 bits per heavy atom. The average Bonchev–Trinajstić information content (AvgIpc) is 3.64. The second kappa shape index (κ2) is 13.5. The number of fused-ring (bicyclic) bond motifs is 5. The number of aliphatic hydroxyl groups excluding tert-OH is 1. The highest BCUT2D eigenvalue weighted by atomic mass is 32.2. The van der Waals surface area contributed by atoms with E-state index in [-0.39, 0.29) is 49.6 Å². The number of thioether (sulfide) groups is 1. The lowest BCUT2D eigenvalue weighted by atomic mass is 9.44. The molecule has 0 unspecified atom stereocenters. The summed E-state index contributed by atoms with van der Waals surface area (Å²) in [6.07, 6.45) is 1.10. The first-order valence-electron chi connectivity index (χ1n) is 16.3. The molecular formula is C36H42F2O9S. The van der Waals surface area contributed by atoms with Gasteiger partial charge in [0, 0.05) is 22.7 Å². The van der Waals surface area contributed by atoms with E-state index in [2.05, 4.69) is 11.8 Å². The molecule has 0 bridgehead atoms. The smallest absolute Gasteiger partial charge is 0.457 e. The fraction of sp³-hybridized carbons (Fsp3) is 0.611. The third-order valence-electron chi connectivity index (χ3n) is 11.0. The van der Waals surface area contributed by atoms with E-state index in [1.807, 2.05) is 13.8 Å². The van der Waals surface area contributed by atoms with Crippen molar-refractivity contribution in [3.63, 3.8) is 0 Å². The van der Waals surface area contributed by atoms with Gasteiger partial charge < -0.3 is 23.7 Å². The molecule has 0 amide bonds. The third-order valence-corrected chi connectivity index (χ3v) is 11.9. The number of carbonyl (C=O) groups excluding carboxylic acids is 4. The summed E-state index contributed by atoms with van der Waals surface area (Å²) < 4.78 is 55.0. The topological polar surface area (TPSA) is 129 Å². The number of rotatable bonds is 8. The van der Waals surface area contributed by atoms with Crippen LogP contribution in [0.2, 0.25) is 0 Å². The van der Waals surface area contributed by atoms with Crippen molar-refractivity contribution < 1.29 is 51.7 Å². The van der Waals surface area contributed by atoms with Gasteiger partial charge in [-0.1, -0.05) is 57.4 Å². The molecule has 9 atom stereocenters. The molecule has 260 valence electrons. The number of alkyl halides is 2. The third kappa shape index (κ3) is 5.81. The summed E-state index contributed by atoms with van der Waals surface area (Å²) in [6.45, 7) is 8.90. The van der Waals surface area contributed by atoms with Crippen molar-refractivity contribution in [1.82, 2.24) is 0 Å². The molecule has 0 radical (unpaired) electrons. The zero-order valence-electron chi connectivity index (χ0n) is 27.8. The van der Waals surface area contributed by atoms with Crippen LogP contribution in [-0.4, -0.2) is 70.6 Å². The predicted octanol–water partition coefficient (Wildman–Crippen LogP) is 6.20. The summed E-state index contributed by atoms with van der Waals surface area (Å²) in [7, 11) is 0. The first-order valence-corrected chi connectivity index (χ1v) is 17.3. The van der Waals surface area contributed by atoms with Gasteiger partial charge in [0.15, 0.2) is 23.7 Å². The number of allylic oxidation sites excluding steroid dienone is 4. The Balaban J connectivity index is 1.42. The molecule has 12 heteroatoms. The molecule has 0 aliphatic heterocycles. The lowest BCUT2D eigenvalue weighted by Gasteiger charge is -2.63. The monoisotopic (exact) mass is 688 g/mol. The summed E-state index contributed by atoms with van der Waals surface area (Å²) in [5, 5.41) is 11.2. The number of hydrogen-bond donors (Lipinski definition) is 1. The number of esters is 1. The van der Waals surface area contributed by atoms with Gasteiger partial charge in [-0.25, -0.2) is 18.4 Å². The first-order chi connectivity index (χ1) is 22.6. The van der Waals surface area contributed by atoms with Crippen molar-refractivity contribution in [3.8, 4) is 11.8 Å². The van der Waals surface area contributed by atoms with Gasteiger partial charge in [-0.05, 0) is 74.3 Å². The van der Waals surface area contributed by atoms with E-state index in [9.17, 15) is 24.3 Å². The lowest BCUT2D eigenvalue weighted by molar-refractivity contribution is -0.221. The largest absolute Gasteiger partial charge is 0.509 e. The summed E-state index contributed by atoms with van der Waals surface area (Å²) in [5.41, 5.74) is -7.15. The Bertz CT molecular complexity index is 1560. The van der Waals surface area contributed by atoms with Crippen LogP contribution < -0.4 is 0 Å². The quantitative estimate of drug-likeness (QED) is 0.249. The van der Waals surface area contributed by atoms with Crippen LogP contribution in [0.5, 0.6) is 0 Å². The Morgan fingerprint density at radius 3 is 2.60 bits per heavy atom. The van der Waals surface area contributed by atoms with Gasteiger partial charge in [-0.3, -0.25) is 9.59 Å². The summed E-state index contributed by atoms with van der Waals surface area (Å²) in [4.78, 5) is 51.8. The minimum atomic E-state index is -2.36. The Hall–Kier alpha value is -3.43. The maximum Gasteiger partial charge on any atom is 0.509 e. The molecule has 3 fully saturated rings. The fourth-order valence-electron chi connectivity index (χ4n) is 8.63. The average molecular weight is 689 g/mol. The van der Waals surface area contributed by atoms with Crippen molar-refractivity contribution >= 4 is 34.8 Å². The second-order valence-electron chi connectivity index (χ2n) is 14.1. The highest BCUT2D eigenvalue weighted by Crippen LogP contribution is 2.72. The van der Waals surface area contributed by atoms with Gasteiger partial charge in [-0.15, -0.1) is 0 Å². The standard InChI is InChI=1S/C36H42F2O9S/c1-21(2)11-15-46-32(43)45-13-6-7-16-48-31(42)36(47-30(41)28-9-8-14-44-28)22(3)17-24-25-19-27(37)26-18-23(39)10-12-33(26,4)35(25,38)29(40)20-34(24,36)5/h8-10,12,14,18,21-22,24-25,27,29,40H,11,13,15-17,19-20H2,1-5H3/t22-,24+,25+,27+,29+,33+,34+,35+,36+/m1/s1. The number of carbonyl (C=O) groups is 4. The van der Waals surface area contributed by atoms with Crippen LogP contribution in [0.4, 0.5) is 13.6 Å². The van der Waals surface area contributed by atoms with E-state index in [1.165, 1.54) is 37.5 Å². The Labute approximate surface area is 283 Å². The minimum absolute atomic E-state index is 0.00374. The second-order valence-corrected chi connectivity index (χ2v) is 15.0. The van der Waals surface area contributed by atoms with Gasteiger partial charge in [0.25, 0.3) is 0 Å². The Kier molecular flexibility index (Phi) is 10.1. The zero-order chi connectivity index (χ0) is 35.1. The molecule has 5 rings (SSSR count). The number of ketones is 1. The van der Waals surface area contributed by atoms with Gasteiger partial charge >= 0.3 is 12.1 Å². The van der Waals surface area contributed by atoms with E-state index >= 15 is 8.78 Å². The van der Waals surface area contributed by atoms with Crippen molar-refractivity contribution in [2.45, 2.75) is 83.8 Å². The molecule has 1 N–H and O–H groups in total. The van der Waals surface area contributed by atoms with Crippen molar-refractivity contribution in [3.05, 3.63) is 48.0 Å². The molecule has 0 saturated heterocycles. The molecule has 9 nitrogen and oxygen atoms in total. The maximum absolute atomic E-state index is 17.7. The van der Waals surface area contributed by atoms with Crippen LogP contribution >= 0.6 is 11.8 Å². The number of aliphatic hydroxyl groups is 1. The molecule has 48 heavy (non-hydrogen) atoms. The van der Waals surface area contributed by atoms with Crippen molar-refractivity contribution in [2.75, 3.05) is 19.0 Å². The molecular weight excluding hydrogens is 646 g/mol. The van der Waals surface area contributed by atoms with E-state index < -0.39 is 75.2 Å². The zero-order valence-corrected chi connectivity index (χ0v) is 28.6. The molecule has 1 aromatic heterocycles. The van der Waals surface area contributed by atoms with Crippen molar-refractivity contribution in [1.29, 1.82) is 0 Å². The molecule has 0 aromatic carbocycles. The number of furan rings is 1. The summed E-state index contributed by atoms with van der Waals surface area (Å²) in [5.74, 6) is 1.86. The summed E-state index contributed by atoms with van der Waals surface area (Å²) in [6, 6.07) is 2.90.